The summed E-state index contributed by atoms with van der Waals surface area (Å²) in [6.07, 6.45) is 2.92. The molecule has 5 nitrogen and oxygen atoms in total. The van der Waals surface area contributed by atoms with E-state index >= 15 is 0 Å². The van der Waals surface area contributed by atoms with Crippen LogP contribution in [0.3, 0.4) is 0 Å². The van der Waals surface area contributed by atoms with Gasteiger partial charge in [-0.2, -0.15) is 0 Å². The molecule has 1 amide bonds. The molecular weight excluding hydrogens is 228 g/mol. The molecule has 1 aromatic heterocycles. The summed E-state index contributed by atoms with van der Waals surface area (Å²) >= 11 is 0. The van der Waals surface area contributed by atoms with Crippen LogP contribution >= 0.6 is 0 Å². The summed E-state index contributed by atoms with van der Waals surface area (Å²) in [5.74, 6) is -0.0770. The van der Waals surface area contributed by atoms with E-state index in [1.807, 2.05) is 30.3 Å². The number of nitrogens with zero attached hydrogens (tertiary/aromatic N) is 3. The normalized spacial score (nSPS) is 10.1. The minimum absolute atomic E-state index is 0.155. The number of hydrogen-bond donors (Lipinski definition) is 1. The molecule has 1 heterocycles. The van der Waals surface area contributed by atoms with Crippen molar-refractivity contribution < 1.29 is 4.79 Å². The molecule has 5 heteroatoms. The van der Waals surface area contributed by atoms with E-state index in [-0.39, 0.29) is 17.4 Å². The number of carbonyl (C=O) groups is 1. The van der Waals surface area contributed by atoms with Crippen molar-refractivity contribution in [2.75, 3.05) is 12.8 Å². The SMILES string of the molecule is CN(Cc1ccccc1)C(=O)c1nccnc1N. The first-order valence-electron chi connectivity index (χ1n) is 5.54. The largest absolute Gasteiger partial charge is 0.382 e. The lowest BCUT2D eigenvalue weighted by molar-refractivity contribution is 0.0780. The Morgan fingerprint density at radius 1 is 1.22 bits per heavy atom. The summed E-state index contributed by atoms with van der Waals surface area (Å²) in [6, 6.07) is 9.73. The Labute approximate surface area is 105 Å². The summed E-state index contributed by atoms with van der Waals surface area (Å²) < 4.78 is 0. The van der Waals surface area contributed by atoms with Gasteiger partial charge in [0, 0.05) is 26.0 Å². The number of amides is 1. The topological polar surface area (TPSA) is 72.1 Å². The molecule has 0 fully saturated rings. The predicted octanol–water partition coefficient (Wildman–Crippen LogP) is 1.33. The summed E-state index contributed by atoms with van der Waals surface area (Å²) in [7, 11) is 1.71. The minimum Gasteiger partial charge on any atom is -0.382 e. The van der Waals surface area contributed by atoms with Gasteiger partial charge in [-0.05, 0) is 5.56 Å². The number of carbonyl (C=O) groups excluding carboxylic acids is 1. The Balaban J connectivity index is 2.13. The zero-order chi connectivity index (χ0) is 13.0. The highest BCUT2D eigenvalue weighted by Gasteiger charge is 2.16. The fraction of sp³-hybridized carbons (Fsp3) is 0.154. The van der Waals surface area contributed by atoms with E-state index in [2.05, 4.69) is 9.97 Å². The van der Waals surface area contributed by atoms with Crippen molar-refractivity contribution >= 4 is 11.7 Å². The first-order chi connectivity index (χ1) is 8.68. The first-order valence-corrected chi connectivity index (χ1v) is 5.54. The lowest BCUT2D eigenvalue weighted by Crippen LogP contribution is -2.28. The second-order valence-electron chi connectivity index (χ2n) is 3.94. The van der Waals surface area contributed by atoms with E-state index in [9.17, 15) is 4.79 Å². The van der Waals surface area contributed by atoms with Crippen LogP contribution in [0.1, 0.15) is 16.1 Å². The summed E-state index contributed by atoms with van der Waals surface area (Å²) in [5.41, 5.74) is 6.87. The van der Waals surface area contributed by atoms with Gasteiger partial charge in [-0.3, -0.25) is 4.79 Å². The van der Waals surface area contributed by atoms with E-state index in [0.717, 1.165) is 5.56 Å². The van der Waals surface area contributed by atoms with Gasteiger partial charge in [0.15, 0.2) is 11.5 Å². The standard InChI is InChI=1S/C13H14N4O/c1-17(9-10-5-3-2-4-6-10)13(18)11-12(14)16-8-7-15-11/h2-8H,9H2,1H3,(H2,14,16). The van der Waals surface area contributed by atoms with Gasteiger partial charge in [0.05, 0.1) is 0 Å². The number of nitrogens with two attached hydrogens (primary N) is 1. The van der Waals surface area contributed by atoms with Crippen molar-refractivity contribution in [3.8, 4) is 0 Å². The zero-order valence-corrected chi connectivity index (χ0v) is 10.1. The van der Waals surface area contributed by atoms with Gasteiger partial charge < -0.3 is 10.6 Å². The maximum Gasteiger partial charge on any atom is 0.276 e. The second kappa shape index (κ2) is 5.27. The average molecular weight is 242 g/mol. The highest BCUT2D eigenvalue weighted by atomic mass is 16.2. The van der Waals surface area contributed by atoms with Crippen LogP contribution < -0.4 is 5.73 Å². The summed E-state index contributed by atoms with van der Waals surface area (Å²) in [4.78, 5) is 21.5. The lowest BCUT2D eigenvalue weighted by atomic mass is 10.2. The molecule has 0 aliphatic rings. The minimum atomic E-state index is -0.232. The van der Waals surface area contributed by atoms with Crippen LogP contribution in [0.4, 0.5) is 5.82 Å². The Hall–Kier alpha value is -2.43. The van der Waals surface area contributed by atoms with Crippen LogP contribution in [-0.2, 0) is 6.54 Å². The number of rotatable bonds is 3. The van der Waals surface area contributed by atoms with Gasteiger partial charge in [-0.25, -0.2) is 9.97 Å². The van der Waals surface area contributed by atoms with Gasteiger partial charge in [-0.1, -0.05) is 30.3 Å². The molecule has 0 aliphatic heterocycles. The van der Waals surface area contributed by atoms with Crippen molar-refractivity contribution in [1.82, 2.24) is 14.9 Å². The molecule has 92 valence electrons. The molecule has 2 N–H and O–H groups in total. The number of anilines is 1. The van der Waals surface area contributed by atoms with Gasteiger partial charge in [-0.15, -0.1) is 0 Å². The van der Waals surface area contributed by atoms with Crippen LogP contribution in [0.5, 0.6) is 0 Å². The van der Waals surface area contributed by atoms with Crippen LogP contribution in [-0.4, -0.2) is 27.8 Å². The molecule has 0 atom stereocenters. The summed E-state index contributed by atoms with van der Waals surface area (Å²) in [5, 5.41) is 0. The molecule has 0 unspecified atom stereocenters. The van der Waals surface area contributed by atoms with E-state index in [0.29, 0.717) is 6.54 Å². The molecule has 18 heavy (non-hydrogen) atoms. The maximum absolute atomic E-state index is 12.1. The first kappa shape index (κ1) is 12.0. The van der Waals surface area contributed by atoms with Crippen LogP contribution in [0.15, 0.2) is 42.7 Å². The predicted molar refractivity (Wildman–Crippen MR) is 68.7 cm³/mol. The third-order valence-electron chi connectivity index (χ3n) is 2.54. The molecule has 0 radical (unpaired) electrons. The van der Waals surface area contributed by atoms with Crippen molar-refractivity contribution in [1.29, 1.82) is 0 Å². The Bertz CT molecular complexity index is 542. The Kier molecular flexibility index (Phi) is 3.52. The molecule has 0 saturated carbocycles. The van der Waals surface area contributed by atoms with E-state index in [1.165, 1.54) is 12.4 Å². The highest BCUT2D eigenvalue weighted by Crippen LogP contribution is 2.09. The fourth-order valence-electron chi connectivity index (χ4n) is 1.62. The summed E-state index contributed by atoms with van der Waals surface area (Å²) in [6.45, 7) is 0.510. The molecule has 2 rings (SSSR count). The smallest absolute Gasteiger partial charge is 0.276 e. The number of hydrogen-bond acceptors (Lipinski definition) is 4. The van der Waals surface area contributed by atoms with Gasteiger partial charge >= 0.3 is 0 Å². The zero-order valence-electron chi connectivity index (χ0n) is 10.1. The number of nitrogen functional groups attached to an aromatic ring is 1. The number of aromatic nitrogens is 2. The average Bonchev–Trinajstić information content (AvgIpc) is 2.39. The fourth-order valence-corrected chi connectivity index (χ4v) is 1.62. The van der Waals surface area contributed by atoms with Crippen LogP contribution in [0.25, 0.3) is 0 Å². The highest BCUT2D eigenvalue weighted by molar-refractivity contribution is 5.96. The van der Waals surface area contributed by atoms with E-state index in [4.69, 9.17) is 5.73 Å². The molecule has 0 aliphatic carbocycles. The van der Waals surface area contributed by atoms with Gasteiger partial charge in [0.2, 0.25) is 0 Å². The molecule has 0 saturated heterocycles. The van der Waals surface area contributed by atoms with Crippen LogP contribution in [0.2, 0.25) is 0 Å². The van der Waals surface area contributed by atoms with Crippen molar-refractivity contribution in [2.24, 2.45) is 0 Å². The lowest BCUT2D eigenvalue weighted by Gasteiger charge is -2.17. The third kappa shape index (κ3) is 2.63. The Morgan fingerprint density at radius 3 is 2.56 bits per heavy atom. The number of benzene rings is 1. The molecule has 2 aromatic rings. The Morgan fingerprint density at radius 2 is 1.89 bits per heavy atom. The van der Waals surface area contributed by atoms with E-state index < -0.39 is 0 Å². The van der Waals surface area contributed by atoms with E-state index in [1.54, 1.807) is 11.9 Å². The monoisotopic (exact) mass is 242 g/mol. The van der Waals surface area contributed by atoms with Crippen molar-refractivity contribution in [2.45, 2.75) is 6.54 Å². The van der Waals surface area contributed by atoms with Crippen LogP contribution in [0, 0.1) is 0 Å². The molecule has 0 spiro atoms. The second-order valence-corrected chi connectivity index (χ2v) is 3.94. The quantitative estimate of drug-likeness (QED) is 0.881. The molecule has 1 aromatic carbocycles. The third-order valence-corrected chi connectivity index (χ3v) is 2.54. The molecule has 0 bridgehead atoms. The van der Waals surface area contributed by atoms with Crippen molar-refractivity contribution in [3.63, 3.8) is 0 Å². The van der Waals surface area contributed by atoms with Gasteiger partial charge in [0.25, 0.3) is 5.91 Å². The maximum atomic E-state index is 12.1. The van der Waals surface area contributed by atoms with Crippen molar-refractivity contribution in [3.05, 3.63) is 54.0 Å². The van der Waals surface area contributed by atoms with Gasteiger partial charge in [0.1, 0.15) is 0 Å². The molecular formula is C13H14N4O.